The zero-order chi connectivity index (χ0) is 23.1. The smallest absolute Gasteiger partial charge is 0.407 e. The van der Waals surface area contributed by atoms with Gasteiger partial charge in [0.2, 0.25) is 5.91 Å². The number of rotatable bonds is 7. The fraction of sp³-hybridized carbons (Fsp3) is 0.320. The Morgan fingerprint density at radius 2 is 1.62 bits per heavy atom. The standard InChI is InChI=1S/C25H26N2O5/c1-16(2)14-22(24(30)26-13-7-12-23(28)29)27-25(31)32-15-21-19-10-5-3-8-17(19)18-9-4-6-11-20(18)21/h3-6,8-11,16,21-22H,13-15H2,1-2H3,(H,26,30)(H,27,31)(H,28,29)/t22-/m1/s1. The number of aliphatic carboxylic acids is 1. The highest BCUT2D eigenvalue weighted by atomic mass is 16.5. The fourth-order valence-corrected chi connectivity index (χ4v) is 3.86. The molecule has 2 aromatic carbocycles. The van der Waals surface area contributed by atoms with Crippen LogP contribution < -0.4 is 10.6 Å². The molecular formula is C25H26N2O5. The van der Waals surface area contributed by atoms with E-state index >= 15 is 0 Å². The lowest BCUT2D eigenvalue weighted by molar-refractivity contribution is -0.130. The van der Waals surface area contributed by atoms with Gasteiger partial charge in [-0.2, -0.15) is 0 Å². The van der Waals surface area contributed by atoms with E-state index in [0.717, 1.165) is 22.3 Å². The van der Waals surface area contributed by atoms with Crippen molar-refractivity contribution >= 4 is 18.0 Å². The van der Waals surface area contributed by atoms with E-state index in [1.54, 1.807) is 0 Å². The van der Waals surface area contributed by atoms with Crippen LogP contribution in [0.4, 0.5) is 4.79 Å². The summed E-state index contributed by atoms with van der Waals surface area (Å²) in [5.41, 5.74) is 4.48. The topological polar surface area (TPSA) is 105 Å². The number of carbonyl (C=O) groups is 3. The van der Waals surface area contributed by atoms with Crippen LogP contribution in [0.25, 0.3) is 11.1 Å². The first kappa shape index (κ1) is 22.9. The first-order valence-corrected chi connectivity index (χ1v) is 10.5. The molecule has 0 unspecified atom stereocenters. The van der Waals surface area contributed by atoms with Gasteiger partial charge < -0.3 is 20.5 Å². The summed E-state index contributed by atoms with van der Waals surface area (Å²) in [4.78, 5) is 35.4. The molecule has 7 nitrogen and oxygen atoms in total. The third-order valence-corrected chi connectivity index (χ3v) is 5.21. The summed E-state index contributed by atoms with van der Waals surface area (Å²) in [5.74, 6) is 2.63. The van der Waals surface area contributed by atoms with Crippen molar-refractivity contribution in [3.63, 3.8) is 0 Å². The lowest BCUT2D eigenvalue weighted by atomic mass is 9.98. The minimum Gasteiger partial charge on any atom is -0.472 e. The zero-order valence-corrected chi connectivity index (χ0v) is 18.1. The molecule has 3 N–H and O–H groups in total. The molecule has 0 spiro atoms. The van der Waals surface area contributed by atoms with Gasteiger partial charge in [0.1, 0.15) is 12.6 Å². The Bertz CT molecular complexity index is 1020. The van der Waals surface area contributed by atoms with Gasteiger partial charge in [0.05, 0.1) is 6.54 Å². The van der Waals surface area contributed by atoms with Crippen LogP contribution in [-0.2, 0) is 14.3 Å². The van der Waals surface area contributed by atoms with Crippen molar-refractivity contribution in [2.75, 3.05) is 13.2 Å². The summed E-state index contributed by atoms with van der Waals surface area (Å²) >= 11 is 0. The number of fused-ring (bicyclic) bond motifs is 3. The largest absolute Gasteiger partial charge is 0.472 e. The number of hydrogen-bond acceptors (Lipinski definition) is 4. The Kier molecular flexibility index (Phi) is 7.50. The van der Waals surface area contributed by atoms with E-state index in [1.807, 2.05) is 56.2 Å². The molecule has 0 bridgehead atoms. The van der Waals surface area contributed by atoms with Crippen molar-refractivity contribution in [3.05, 3.63) is 59.7 Å². The second-order valence-electron chi connectivity index (χ2n) is 7.98. The number of hydrogen-bond donors (Lipinski definition) is 3. The van der Waals surface area contributed by atoms with Gasteiger partial charge in [-0.25, -0.2) is 9.59 Å². The van der Waals surface area contributed by atoms with E-state index in [1.165, 1.54) is 0 Å². The van der Waals surface area contributed by atoms with Crippen LogP contribution in [0.1, 0.15) is 37.3 Å². The zero-order valence-electron chi connectivity index (χ0n) is 18.1. The highest BCUT2D eigenvalue weighted by molar-refractivity contribution is 5.87. The molecule has 1 atom stereocenters. The van der Waals surface area contributed by atoms with Crippen LogP contribution in [0.3, 0.4) is 0 Å². The Morgan fingerprint density at radius 1 is 1.03 bits per heavy atom. The van der Waals surface area contributed by atoms with E-state index in [9.17, 15) is 14.4 Å². The second kappa shape index (κ2) is 10.5. The number of carboxylic acids is 1. The molecule has 0 fully saturated rings. The van der Waals surface area contributed by atoms with Gasteiger partial charge in [-0.1, -0.05) is 68.3 Å². The monoisotopic (exact) mass is 434 g/mol. The summed E-state index contributed by atoms with van der Waals surface area (Å²) in [6, 6.07) is 15.3. The molecule has 2 aromatic rings. The third kappa shape index (κ3) is 5.67. The van der Waals surface area contributed by atoms with Crippen molar-refractivity contribution in [2.24, 2.45) is 5.92 Å². The predicted molar refractivity (Wildman–Crippen MR) is 120 cm³/mol. The van der Waals surface area contributed by atoms with Crippen molar-refractivity contribution in [3.8, 4) is 23.0 Å². The second-order valence-corrected chi connectivity index (χ2v) is 7.98. The molecule has 0 saturated heterocycles. The SMILES string of the molecule is CC(C)C[C@@H](NC(=O)OCC1c2ccccc2-c2ccccc21)C(=O)NCC#CC(=O)O. The molecule has 0 aromatic heterocycles. The van der Waals surface area contributed by atoms with Gasteiger partial charge in [-0.05, 0) is 34.6 Å². The summed E-state index contributed by atoms with van der Waals surface area (Å²) in [5, 5.41) is 13.7. The average Bonchev–Trinajstić information content (AvgIpc) is 3.08. The van der Waals surface area contributed by atoms with Gasteiger partial charge in [0.15, 0.2) is 0 Å². The molecule has 3 rings (SSSR count). The third-order valence-electron chi connectivity index (χ3n) is 5.21. The average molecular weight is 434 g/mol. The Hall–Kier alpha value is -3.79. The summed E-state index contributed by atoms with van der Waals surface area (Å²) in [6.45, 7) is 3.90. The normalized spacial score (nSPS) is 12.7. The maximum Gasteiger partial charge on any atom is 0.407 e. The van der Waals surface area contributed by atoms with E-state index in [0.29, 0.717) is 6.42 Å². The van der Waals surface area contributed by atoms with Gasteiger partial charge in [0.25, 0.3) is 0 Å². The van der Waals surface area contributed by atoms with Crippen LogP contribution in [0.2, 0.25) is 0 Å². The Labute approximate surface area is 187 Å². The molecule has 0 aliphatic heterocycles. The molecule has 0 radical (unpaired) electrons. The fourth-order valence-electron chi connectivity index (χ4n) is 3.86. The maximum absolute atomic E-state index is 12.5. The first-order valence-electron chi connectivity index (χ1n) is 10.5. The predicted octanol–water partition coefficient (Wildman–Crippen LogP) is 3.14. The highest BCUT2D eigenvalue weighted by Crippen LogP contribution is 2.44. The summed E-state index contributed by atoms with van der Waals surface area (Å²) < 4.78 is 5.52. The van der Waals surface area contributed by atoms with Crippen molar-refractivity contribution < 1.29 is 24.2 Å². The first-order chi connectivity index (χ1) is 15.4. The number of ether oxygens (including phenoxy) is 1. The van der Waals surface area contributed by atoms with Crippen LogP contribution in [0.15, 0.2) is 48.5 Å². The van der Waals surface area contributed by atoms with E-state index in [-0.39, 0.29) is 25.0 Å². The van der Waals surface area contributed by atoms with Crippen molar-refractivity contribution in [1.82, 2.24) is 10.6 Å². The van der Waals surface area contributed by atoms with Crippen LogP contribution >= 0.6 is 0 Å². The van der Waals surface area contributed by atoms with Gasteiger partial charge >= 0.3 is 12.1 Å². The van der Waals surface area contributed by atoms with Crippen molar-refractivity contribution in [2.45, 2.75) is 32.2 Å². The number of benzene rings is 2. The Morgan fingerprint density at radius 3 is 2.19 bits per heavy atom. The molecule has 0 heterocycles. The number of amides is 2. The Balaban J connectivity index is 1.62. The lowest BCUT2D eigenvalue weighted by Crippen LogP contribution is -2.47. The molecule has 0 saturated carbocycles. The maximum atomic E-state index is 12.5. The van der Waals surface area contributed by atoms with Gasteiger partial charge in [-0.3, -0.25) is 4.79 Å². The molecule has 1 aliphatic rings. The highest BCUT2D eigenvalue weighted by Gasteiger charge is 2.29. The summed E-state index contributed by atoms with van der Waals surface area (Å²) in [7, 11) is 0. The van der Waals surface area contributed by atoms with E-state index < -0.39 is 24.0 Å². The van der Waals surface area contributed by atoms with Crippen LogP contribution in [0, 0.1) is 17.8 Å². The molecule has 2 amide bonds. The van der Waals surface area contributed by atoms with Crippen LogP contribution in [0.5, 0.6) is 0 Å². The molecular weight excluding hydrogens is 408 g/mol. The molecule has 166 valence electrons. The lowest BCUT2D eigenvalue weighted by Gasteiger charge is -2.20. The number of carboxylic acid groups (broad SMARTS) is 1. The minimum absolute atomic E-state index is 0.0724. The molecule has 32 heavy (non-hydrogen) atoms. The van der Waals surface area contributed by atoms with E-state index in [4.69, 9.17) is 9.84 Å². The molecule has 7 heteroatoms. The summed E-state index contributed by atoms with van der Waals surface area (Å²) in [6.07, 6.45) is -0.271. The van der Waals surface area contributed by atoms with Gasteiger partial charge in [-0.15, -0.1) is 0 Å². The number of carbonyl (C=O) groups excluding carboxylic acids is 2. The van der Waals surface area contributed by atoms with E-state index in [2.05, 4.69) is 28.7 Å². The quantitative estimate of drug-likeness (QED) is 0.581. The van der Waals surface area contributed by atoms with Crippen LogP contribution in [-0.4, -0.2) is 42.3 Å². The number of alkyl carbamates (subject to hydrolysis) is 1. The van der Waals surface area contributed by atoms with Gasteiger partial charge in [0, 0.05) is 11.8 Å². The molecule has 1 aliphatic carbocycles. The minimum atomic E-state index is -1.27. The van der Waals surface area contributed by atoms with Crippen molar-refractivity contribution in [1.29, 1.82) is 0 Å². The number of nitrogens with one attached hydrogen (secondary N) is 2.